The number of aromatic nitrogens is 1. The summed E-state index contributed by atoms with van der Waals surface area (Å²) in [7, 11) is 3.20. The number of nitrogens with zero attached hydrogens (tertiary/aromatic N) is 4. The average Bonchev–Trinajstić information content (AvgIpc) is 3.77. The minimum Gasteiger partial charge on any atom is -0.495 e. The van der Waals surface area contributed by atoms with Gasteiger partial charge >= 0.3 is 0 Å². The molecule has 1 saturated carbocycles. The molecule has 2 fully saturated rings. The van der Waals surface area contributed by atoms with Crippen molar-refractivity contribution < 1.29 is 24.5 Å². The largest absolute Gasteiger partial charge is 0.495 e. The zero-order chi connectivity index (χ0) is 29.4. The van der Waals surface area contributed by atoms with Crippen molar-refractivity contribution in [3.05, 3.63) is 41.4 Å². The summed E-state index contributed by atoms with van der Waals surface area (Å²) in [5, 5.41) is 10.3. The van der Waals surface area contributed by atoms with Crippen LogP contribution in [0.2, 0.25) is 0 Å². The van der Waals surface area contributed by atoms with Gasteiger partial charge in [-0.15, -0.1) is 0 Å². The van der Waals surface area contributed by atoms with Gasteiger partial charge in [-0.05, 0) is 49.7 Å². The van der Waals surface area contributed by atoms with E-state index in [4.69, 9.17) is 15.9 Å². The number of nitrogens with two attached hydrogens (primary N) is 1. The summed E-state index contributed by atoms with van der Waals surface area (Å²) >= 11 is 0.748. The predicted molar refractivity (Wildman–Crippen MR) is 155 cm³/mol. The monoisotopic (exact) mass is 575 g/mol. The number of alkyl halides is 2. The molecule has 1 saturated heterocycles. The van der Waals surface area contributed by atoms with Gasteiger partial charge in [-0.25, -0.2) is 13.8 Å². The van der Waals surface area contributed by atoms with Crippen LogP contribution >= 0.6 is 11.8 Å². The van der Waals surface area contributed by atoms with Crippen LogP contribution in [0.4, 0.5) is 14.6 Å². The molecule has 0 radical (unpaired) electrons. The third-order valence-corrected chi connectivity index (χ3v) is 6.60. The smallest absolute Gasteiger partial charge is 0.281 e. The van der Waals surface area contributed by atoms with Gasteiger partial charge in [0.2, 0.25) is 5.91 Å². The van der Waals surface area contributed by atoms with Gasteiger partial charge in [0, 0.05) is 44.0 Å². The third-order valence-electron chi connectivity index (χ3n) is 5.99. The first-order chi connectivity index (χ1) is 19.2. The molecular formula is C27H35F2N7O3S. The number of ether oxygens (including phenoxy) is 1. The highest BCUT2D eigenvalue weighted by Crippen LogP contribution is 2.33. The molecule has 1 aromatic rings. The van der Waals surface area contributed by atoms with Crippen LogP contribution in [-0.4, -0.2) is 78.2 Å². The molecule has 2 aliphatic heterocycles. The normalized spacial score (nSPS) is 19.4. The van der Waals surface area contributed by atoms with Crippen molar-refractivity contribution in [2.45, 2.75) is 39.2 Å². The second kappa shape index (κ2) is 14.0. The van der Waals surface area contributed by atoms with Crippen molar-refractivity contribution >= 4 is 45.2 Å². The van der Waals surface area contributed by atoms with Gasteiger partial charge in [0.15, 0.2) is 5.17 Å². The molecule has 216 valence electrons. The number of anilines is 1. The fourth-order valence-electron chi connectivity index (χ4n) is 3.82. The summed E-state index contributed by atoms with van der Waals surface area (Å²) in [6.07, 6.45) is 3.09. The lowest BCUT2D eigenvalue weighted by Gasteiger charge is -2.32. The Morgan fingerprint density at radius 1 is 1.38 bits per heavy atom. The van der Waals surface area contributed by atoms with Crippen LogP contribution < -0.4 is 16.0 Å². The van der Waals surface area contributed by atoms with Gasteiger partial charge in [-0.1, -0.05) is 19.8 Å². The third kappa shape index (κ3) is 7.89. The molecule has 3 aliphatic rings. The number of piperazine rings is 1. The van der Waals surface area contributed by atoms with Crippen LogP contribution in [0.3, 0.4) is 0 Å². The van der Waals surface area contributed by atoms with E-state index in [1.54, 1.807) is 0 Å². The lowest BCUT2D eigenvalue weighted by atomic mass is 9.95. The van der Waals surface area contributed by atoms with Crippen LogP contribution in [0, 0.1) is 23.2 Å². The second-order valence-electron chi connectivity index (χ2n) is 8.92. The standard InChI is InChI=1S/C25H27F2N7O3S.C2H6.H2/c1-33-7-8-34(22(35)13-33)21-10-15(16-9-18(23(26)27)30-12-19(16)37-2)17(11-31-21)24(36)32-25(29)38-20(28)6-5-14-3-4-14;1-2;/h9-12,14,18,23,28,30H,3-4,7-8,13H2,1-2H3,(H2,29,32,36);1-2H3;1H. The predicted octanol–water partition coefficient (Wildman–Crippen LogP) is 3.32. The summed E-state index contributed by atoms with van der Waals surface area (Å²) in [5.74, 6) is 5.42. The highest BCUT2D eigenvalue weighted by Gasteiger charge is 2.29. The first-order valence-electron chi connectivity index (χ1n) is 12.8. The quantitative estimate of drug-likeness (QED) is 0.276. The molecule has 4 rings (SSSR count). The number of amidine groups is 1. The molecule has 10 nitrogen and oxygen atoms in total. The van der Waals surface area contributed by atoms with Crippen molar-refractivity contribution in [2.75, 3.05) is 38.7 Å². The number of dihydropyridines is 1. The molecule has 1 aromatic heterocycles. The topological polar surface area (TPSA) is 137 Å². The molecule has 13 heteroatoms. The van der Waals surface area contributed by atoms with Gasteiger partial charge in [0.1, 0.15) is 22.7 Å². The summed E-state index contributed by atoms with van der Waals surface area (Å²) in [4.78, 5) is 37.4. The number of carbonyl (C=O) groups excluding carboxylic acids is 2. The van der Waals surface area contributed by atoms with E-state index in [9.17, 15) is 18.4 Å². The lowest BCUT2D eigenvalue weighted by Crippen LogP contribution is -2.49. The molecule has 3 heterocycles. The number of allylic oxidation sites excluding steroid dienone is 1. The molecule has 1 aliphatic carbocycles. The number of halogens is 2. The highest BCUT2D eigenvalue weighted by molar-refractivity contribution is 8.26. The molecule has 0 aromatic carbocycles. The number of likely N-dealkylation sites (N-methyl/N-ethyl adjacent to an activating group) is 1. The van der Waals surface area contributed by atoms with Crippen LogP contribution in [0.15, 0.2) is 35.3 Å². The summed E-state index contributed by atoms with van der Waals surface area (Å²) in [6.45, 7) is 5.17. The Hall–Kier alpha value is -3.76. The molecule has 0 spiro atoms. The number of amides is 2. The van der Waals surface area contributed by atoms with Crippen molar-refractivity contribution in [2.24, 2.45) is 16.6 Å². The van der Waals surface area contributed by atoms with E-state index in [0.29, 0.717) is 19.0 Å². The highest BCUT2D eigenvalue weighted by atomic mass is 32.2. The fourth-order valence-corrected chi connectivity index (χ4v) is 4.27. The summed E-state index contributed by atoms with van der Waals surface area (Å²) < 4.78 is 32.5. The van der Waals surface area contributed by atoms with Gasteiger partial charge in [-0.2, -0.15) is 4.99 Å². The Balaban J connectivity index is 0.00000192. The number of hydrogen-bond acceptors (Lipinski definition) is 8. The van der Waals surface area contributed by atoms with Crippen molar-refractivity contribution in [1.82, 2.24) is 15.2 Å². The van der Waals surface area contributed by atoms with Gasteiger partial charge in [0.25, 0.3) is 12.3 Å². The molecule has 1 atom stereocenters. The Morgan fingerprint density at radius 3 is 2.73 bits per heavy atom. The first-order valence-corrected chi connectivity index (χ1v) is 13.6. The Kier molecular flexibility index (Phi) is 10.8. The molecule has 2 amide bonds. The maximum absolute atomic E-state index is 13.6. The number of carbonyl (C=O) groups is 2. The molecule has 0 bridgehead atoms. The number of rotatable bonds is 5. The van der Waals surface area contributed by atoms with Crippen LogP contribution in [-0.2, 0) is 9.53 Å². The first kappa shape index (κ1) is 30.8. The van der Waals surface area contributed by atoms with Crippen molar-refractivity contribution in [3.8, 4) is 11.8 Å². The molecular weight excluding hydrogens is 540 g/mol. The average molecular weight is 576 g/mol. The van der Waals surface area contributed by atoms with Gasteiger partial charge in [-0.3, -0.25) is 24.8 Å². The second-order valence-corrected chi connectivity index (χ2v) is 9.95. The number of methoxy groups -OCH3 is 1. The molecule has 40 heavy (non-hydrogen) atoms. The van der Waals surface area contributed by atoms with E-state index in [0.717, 1.165) is 24.6 Å². The minimum atomic E-state index is -2.73. The van der Waals surface area contributed by atoms with E-state index >= 15 is 0 Å². The van der Waals surface area contributed by atoms with Gasteiger partial charge < -0.3 is 15.8 Å². The molecule has 4 N–H and O–H groups in total. The number of pyridine rings is 1. The van der Waals surface area contributed by atoms with Crippen molar-refractivity contribution in [3.63, 3.8) is 0 Å². The zero-order valence-corrected chi connectivity index (χ0v) is 23.6. The Bertz CT molecular complexity index is 1310. The lowest BCUT2D eigenvalue weighted by molar-refractivity contribution is -0.120. The maximum atomic E-state index is 13.6. The van der Waals surface area contributed by atoms with Crippen molar-refractivity contribution in [1.29, 1.82) is 5.41 Å². The number of hydrogen-bond donors (Lipinski definition) is 3. The fraction of sp³-hybridized carbons (Fsp3) is 0.444. The van der Waals surface area contributed by atoms with Crippen LogP contribution in [0.25, 0.3) is 5.57 Å². The van der Waals surface area contributed by atoms with E-state index in [2.05, 4.69) is 27.1 Å². The van der Waals surface area contributed by atoms with Gasteiger partial charge in [0.05, 0.1) is 19.2 Å². The maximum Gasteiger partial charge on any atom is 0.281 e. The number of aliphatic imine (C=N–C) groups is 1. The Morgan fingerprint density at radius 2 is 2.10 bits per heavy atom. The number of thioether (sulfide) groups is 1. The summed E-state index contributed by atoms with van der Waals surface area (Å²) in [5.41, 5.74) is 6.30. The van der Waals surface area contributed by atoms with Crippen LogP contribution in [0.5, 0.6) is 0 Å². The Labute approximate surface area is 238 Å². The molecule has 1 unspecified atom stereocenters. The SMILES string of the molecule is CC.COC1=CNC(C(F)F)C=C1c1cc(N2CCN(C)CC2=O)ncc1C(=O)N=C(N)SC(=N)C#CC1CC1.[HH]. The summed E-state index contributed by atoms with van der Waals surface area (Å²) in [6, 6.07) is 0.161. The van der Waals surface area contributed by atoms with E-state index in [1.807, 2.05) is 25.8 Å². The zero-order valence-electron chi connectivity index (χ0n) is 22.8. The van der Waals surface area contributed by atoms with E-state index in [1.165, 1.54) is 36.5 Å². The van der Waals surface area contributed by atoms with E-state index in [-0.39, 0.29) is 52.4 Å². The van der Waals surface area contributed by atoms with E-state index < -0.39 is 18.4 Å². The minimum absolute atomic E-state index is 0. The number of nitrogens with one attached hydrogen (secondary N) is 2. The van der Waals surface area contributed by atoms with Crippen LogP contribution in [0.1, 0.15) is 44.0 Å².